The van der Waals surface area contributed by atoms with Crippen molar-refractivity contribution in [2.45, 2.75) is 242 Å². The Kier molecular flexibility index (Phi) is 31.9. The molecule has 1 heterocycles. The first kappa shape index (κ1) is 60.0. The van der Waals surface area contributed by atoms with E-state index in [9.17, 15) is 59.6 Å². The van der Waals surface area contributed by atoms with E-state index in [4.69, 9.17) is 18.5 Å². The highest BCUT2D eigenvalue weighted by molar-refractivity contribution is 7.47. The fraction of sp³-hybridized carbons (Fsp3) is 0.857. The summed E-state index contributed by atoms with van der Waals surface area (Å²) in [6, 6.07) is 0. The molecule has 1 unspecified atom stereocenters. The zero-order chi connectivity index (χ0) is 48.7. The second-order valence-corrected chi connectivity index (χ2v) is 19.9. The third kappa shape index (κ3) is 25.0. The summed E-state index contributed by atoms with van der Waals surface area (Å²) < 4.78 is 34.7. The number of aliphatic hydroxyl groups excluding tert-OH is 7. The van der Waals surface area contributed by atoms with Crippen molar-refractivity contribution in [3.8, 4) is 0 Å². The summed E-state index contributed by atoms with van der Waals surface area (Å²) in [5.74, 6) is -5.14. The van der Waals surface area contributed by atoms with Crippen LogP contribution in [0.5, 0.6) is 0 Å². The molecule has 0 aromatic carbocycles. The van der Waals surface area contributed by atoms with Crippen molar-refractivity contribution in [3.05, 3.63) is 24.3 Å². The molecule has 17 heteroatoms. The highest BCUT2D eigenvalue weighted by Gasteiger charge is 2.49. The van der Waals surface area contributed by atoms with Crippen LogP contribution in [0.15, 0.2) is 24.3 Å². The van der Waals surface area contributed by atoms with Crippen LogP contribution in [0.2, 0.25) is 0 Å². The van der Waals surface area contributed by atoms with Gasteiger partial charge in [-0.2, -0.15) is 0 Å². The monoisotopic (exact) mass is 963 g/mol. The van der Waals surface area contributed by atoms with Gasteiger partial charge < -0.3 is 50.1 Å². The van der Waals surface area contributed by atoms with Gasteiger partial charge in [0.25, 0.3) is 0 Å². The van der Waals surface area contributed by atoms with Gasteiger partial charge in [0.05, 0.1) is 36.9 Å². The van der Waals surface area contributed by atoms with Gasteiger partial charge in [-0.05, 0) is 32.1 Å². The van der Waals surface area contributed by atoms with Gasteiger partial charge in [-0.1, -0.05) is 160 Å². The molecule has 384 valence electrons. The quantitative estimate of drug-likeness (QED) is 0.0198. The zero-order valence-electron chi connectivity index (χ0n) is 40.0. The topological polar surface area (TPSA) is 267 Å². The van der Waals surface area contributed by atoms with Crippen LogP contribution in [-0.4, -0.2) is 127 Å². The molecule has 66 heavy (non-hydrogen) atoms. The van der Waals surface area contributed by atoms with Gasteiger partial charge >= 0.3 is 19.8 Å². The number of ether oxygens (including phenoxy) is 2. The molecular weight excluding hydrogens is 875 g/mol. The van der Waals surface area contributed by atoms with Crippen LogP contribution in [0.1, 0.15) is 187 Å². The lowest BCUT2D eigenvalue weighted by molar-refractivity contribution is -0.166. The smallest absolute Gasteiger partial charge is 0.462 e. The number of hydrogen-bond donors (Lipinski definition) is 8. The largest absolute Gasteiger partial charge is 0.472 e. The Morgan fingerprint density at radius 2 is 1.29 bits per heavy atom. The summed E-state index contributed by atoms with van der Waals surface area (Å²) in [7, 11) is -5.46. The maximum absolute atomic E-state index is 13.7. The van der Waals surface area contributed by atoms with E-state index in [1.807, 2.05) is 6.92 Å². The number of allylic oxidation sites excluding steroid dienone is 2. The lowest BCUT2D eigenvalue weighted by atomic mass is 9.83. The fourth-order valence-electron chi connectivity index (χ4n) is 8.47. The average molecular weight is 963 g/mol. The van der Waals surface area contributed by atoms with E-state index < -0.39 is 112 Å². The Bertz CT molecular complexity index is 1430. The molecule has 0 spiro atoms. The number of hydrogen-bond acceptors (Lipinski definition) is 15. The van der Waals surface area contributed by atoms with Crippen LogP contribution in [0.3, 0.4) is 0 Å². The van der Waals surface area contributed by atoms with E-state index in [1.165, 1.54) is 83.1 Å². The van der Waals surface area contributed by atoms with Crippen molar-refractivity contribution in [2.24, 2.45) is 11.8 Å². The molecule has 0 amide bonds. The molecule has 1 aliphatic heterocycles. The third-order valence-corrected chi connectivity index (χ3v) is 13.7. The van der Waals surface area contributed by atoms with E-state index in [2.05, 4.69) is 6.92 Å². The summed E-state index contributed by atoms with van der Waals surface area (Å²) in [5, 5.41) is 78.5. The van der Waals surface area contributed by atoms with Crippen LogP contribution in [0.4, 0.5) is 0 Å². The normalized spacial score (nSPS) is 31.1. The van der Waals surface area contributed by atoms with E-state index in [1.54, 1.807) is 12.2 Å². The number of Topliss-reactive ketones (excluding diaryl/α,β-unsaturated/α-hetero) is 1. The number of carbonyl (C=O) groups excluding carboxylic acids is 3. The Balaban J connectivity index is 2.12. The predicted octanol–water partition coefficient (Wildman–Crippen LogP) is 6.98. The molecule has 1 saturated carbocycles. The van der Waals surface area contributed by atoms with Gasteiger partial charge in [0.15, 0.2) is 6.10 Å². The van der Waals surface area contributed by atoms with E-state index in [0.717, 1.165) is 44.6 Å². The summed E-state index contributed by atoms with van der Waals surface area (Å²) in [6.45, 7) is 2.81. The first-order valence-electron chi connectivity index (χ1n) is 25.2. The van der Waals surface area contributed by atoms with Crippen LogP contribution in [-0.2, 0) is 37.5 Å². The lowest BCUT2D eigenvalue weighted by Gasteiger charge is -2.36. The number of unbranched alkanes of at least 4 members (excludes halogenated alkanes) is 18. The molecule has 1 fully saturated rings. The standard InChI is InChI=1S/C49H87O16P/c1-3-5-7-8-9-10-11-12-13-14-15-16-17-18-19-20-26-30-43(54)64-37-34-62-42(53)29-25-22-21-24-28-38-40(51)33-41(52)39(32-31-36(50)27-23-6-4-2)45(56)47(58)49(48(59)46(57)44(38)55)65-66(60,61)63-35-37/h21,24,31-32,36-40,44-51,55-59H,3-20,22-23,25-30,33-35H2,1-2H3,(H,60,61)/b24-21-,32-31+/t36-,37+,38-,39-,40-,44+,45+,46-,47+,48+,49+/m0/s1. The van der Waals surface area contributed by atoms with Crippen molar-refractivity contribution in [2.75, 3.05) is 13.2 Å². The minimum absolute atomic E-state index is 0.0288. The number of rotatable bonds is 25. The number of phosphoric acid groups is 1. The maximum Gasteiger partial charge on any atom is 0.472 e. The summed E-state index contributed by atoms with van der Waals surface area (Å²) in [4.78, 5) is 50.2. The second-order valence-electron chi connectivity index (χ2n) is 18.5. The van der Waals surface area contributed by atoms with Crippen molar-refractivity contribution in [1.29, 1.82) is 0 Å². The second kappa shape index (κ2) is 35.1. The highest BCUT2D eigenvalue weighted by Crippen LogP contribution is 2.47. The minimum atomic E-state index is -5.46. The number of cyclic esters (lactones) is 1. The Morgan fingerprint density at radius 1 is 0.742 bits per heavy atom. The van der Waals surface area contributed by atoms with Crippen LogP contribution in [0.25, 0.3) is 0 Å². The molecule has 0 aromatic rings. The molecule has 0 aromatic heterocycles. The Morgan fingerprint density at radius 3 is 1.88 bits per heavy atom. The van der Waals surface area contributed by atoms with Crippen molar-refractivity contribution < 1.29 is 78.1 Å². The number of esters is 2. The molecule has 12 atom stereocenters. The number of fused-ring (bicyclic) bond motifs is 4. The van der Waals surface area contributed by atoms with Crippen LogP contribution >= 0.6 is 7.82 Å². The number of phosphoric ester groups is 1. The molecule has 1 aliphatic carbocycles. The van der Waals surface area contributed by atoms with Gasteiger partial charge in [-0.25, -0.2) is 4.57 Å². The van der Waals surface area contributed by atoms with Gasteiger partial charge in [0.1, 0.15) is 36.8 Å². The van der Waals surface area contributed by atoms with Gasteiger partial charge in [0.2, 0.25) is 0 Å². The fourth-order valence-corrected chi connectivity index (χ4v) is 9.44. The SMILES string of the molecule is CCCCCCCCCCCCCCCCCCCC(=O)O[C@@H]1COC(=O)CCC/C=C\C[C@@H]2[C@@H](O)[C@H](O)[C@@H](O)[C@H](OP(=O)(O)OC1)[C@H](O)[C@H](O)[C@@H](/C=C/[C@@H](O)CCCCC)C(=O)C[C@@H]2O. The van der Waals surface area contributed by atoms with Crippen molar-refractivity contribution >= 4 is 25.5 Å². The molecule has 16 nitrogen and oxygen atoms in total. The maximum atomic E-state index is 13.7. The van der Waals surface area contributed by atoms with Gasteiger partial charge in [0, 0.05) is 25.2 Å². The van der Waals surface area contributed by atoms with Gasteiger partial charge in [-0.3, -0.25) is 23.4 Å². The first-order valence-corrected chi connectivity index (χ1v) is 26.7. The molecule has 8 N–H and O–H groups in total. The summed E-state index contributed by atoms with van der Waals surface area (Å²) in [5.41, 5.74) is 0. The molecule has 2 bridgehead atoms. The molecule has 2 aliphatic rings. The minimum Gasteiger partial charge on any atom is -0.462 e. The van der Waals surface area contributed by atoms with Crippen molar-refractivity contribution in [1.82, 2.24) is 0 Å². The third-order valence-electron chi connectivity index (χ3n) is 12.7. The van der Waals surface area contributed by atoms with Crippen LogP contribution < -0.4 is 0 Å². The zero-order valence-corrected chi connectivity index (χ0v) is 40.9. The molecule has 2 rings (SSSR count). The summed E-state index contributed by atoms with van der Waals surface area (Å²) in [6.07, 6.45) is 10.3. The van der Waals surface area contributed by atoms with E-state index in [-0.39, 0.29) is 19.3 Å². The molecule has 0 saturated heterocycles. The first-order chi connectivity index (χ1) is 31.6. The number of aliphatic hydroxyl groups is 7. The number of carbonyl (C=O) groups is 3. The molecular formula is C49H87O16P. The number of ketones is 1. The highest BCUT2D eigenvalue weighted by atomic mass is 31.2. The lowest BCUT2D eigenvalue weighted by Crippen LogP contribution is -2.55. The Hall–Kier alpha value is -2.08. The summed E-state index contributed by atoms with van der Waals surface area (Å²) >= 11 is 0. The van der Waals surface area contributed by atoms with Crippen molar-refractivity contribution in [3.63, 3.8) is 0 Å². The van der Waals surface area contributed by atoms with Crippen LogP contribution in [0, 0.1) is 11.8 Å². The molecule has 0 radical (unpaired) electrons. The van der Waals surface area contributed by atoms with Gasteiger partial charge in [-0.15, -0.1) is 0 Å². The predicted molar refractivity (Wildman–Crippen MR) is 250 cm³/mol. The van der Waals surface area contributed by atoms with E-state index in [0.29, 0.717) is 32.1 Å². The van der Waals surface area contributed by atoms with E-state index >= 15 is 0 Å². The Labute approximate surface area is 394 Å². The average Bonchev–Trinajstić information content (AvgIpc) is 3.28.